The van der Waals surface area contributed by atoms with Crippen LogP contribution in [0.3, 0.4) is 0 Å². The van der Waals surface area contributed by atoms with Crippen LogP contribution in [0.5, 0.6) is 0 Å². The second kappa shape index (κ2) is 5.61. The summed E-state index contributed by atoms with van der Waals surface area (Å²) in [5, 5.41) is 3.42. The van der Waals surface area contributed by atoms with Crippen LogP contribution < -0.4 is 5.32 Å². The van der Waals surface area contributed by atoms with E-state index < -0.39 is 5.54 Å². The third kappa shape index (κ3) is 5.30. The monoisotopic (exact) mass is 259 g/mol. The Morgan fingerprint density at radius 3 is 2.35 bits per heavy atom. The highest BCUT2D eigenvalue weighted by Crippen LogP contribution is 2.29. The average molecular weight is 259 g/mol. The molecule has 17 heavy (non-hydrogen) atoms. The molecule has 0 aromatic heterocycles. The number of methoxy groups -OCH3 is 1. The number of carbonyl (C=O) groups is 1. The van der Waals surface area contributed by atoms with Gasteiger partial charge in [-0.3, -0.25) is 10.1 Å². The lowest BCUT2D eigenvalue weighted by Gasteiger charge is -2.29. The van der Waals surface area contributed by atoms with Crippen molar-refractivity contribution in [2.45, 2.75) is 63.3 Å². The maximum absolute atomic E-state index is 11.9. The minimum Gasteiger partial charge on any atom is -0.468 e. The lowest BCUT2D eigenvalue weighted by atomic mass is 9.99. The van der Waals surface area contributed by atoms with Gasteiger partial charge in [-0.05, 0) is 31.9 Å². The summed E-state index contributed by atoms with van der Waals surface area (Å²) >= 11 is 1.89. The van der Waals surface area contributed by atoms with Gasteiger partial charge in [0.2, 0.25) is 0 Å². The van der Waals surface area contributed by atoms with Gasteiger partial charge in [-0.15, -0.1) is 0 Å². The zero-order chi connectivity index (χ0) is 13.1. The molecule has 100 valence electrons. The van der Waals surface area contributed by atoms with E-state index in [1.54, 1.807) is 0 Å². The molecule has 1 fully saturated rings. The molecule has 1 rings (SSSR count). The third-order valence-corrected chi connectivity index (χ3v) is 4.15. The quantitative estimate of drug-likeness (QED) is 0.744. The Morgan fingerprint density at radius 1 is 1.35 bits per heavy atom. The van der Waals surface area contributed by atoms with Crippen molar-refractivity contribution >= 4 is 17.7 Å². The molecule has 1 aliphatic rings. The summed E-state index contributed by atoms with van der Waals surface area (Å²) < 4.78 is 5.16. The Bertz CT molecular complexity index is 271. The number of hydrogen-bond donors (Lipinski definition) is 1. The average Bonchev–Trinajstić information content (AvgIpc) is 2.98. The van der Waals surface area contributed by atoms with Crippen LogP contribution in [0.15, 0.2) is 0 Å². The Kier molecular flexibility index (Phi) is 4.90. The molecular formula is C13H25NO2S. The zero-order valence-electron chi connectivity index (χ0n) is 11.6. The predicted octanol–water partition coefficient (Wildman–Crippen LogP) is 2.59. The van der Waals surface area contributed by atoms with Crippen molar-refractivity contribution in [2.75, 3.05) is 12.9 Å². The minimum absolute atomic E-state index is 0.140. The van der Waals surface area contributed by atoms with Gasteiger partial charge in [0.25, 0.3) is 0 Å². The maximum Gasteiger partial charge on any atom is 0.325 e. The molecule has 0 radical (unpaired) electrons. The minimum atomic E-state index is -0.520. The number of nitrogens with one attached hydrogen (secondary N) is 1. The maximum atomic E-state index is 11.9. The van der Waals surface area contributed by atoms with Gasteiger partial charge in [-0.25, -0.2) is 0 Å². The summed E-state index contributed by atoms with van der Waals surface area (Å²) in [6.45, 7) is 8.55. The summed E-state index contributed by atoms with van der Waals surface area (Å²) in [6, 6.07) is 0.513. The first kappa shape index (κ1) is 14.8. The highest BCUT2D eigenvalue weighted by Gasteiger charge is 2.39. The Morgan fingerprint density at radius 2 is 1.94 bits per heavy atom. The van der Waals surface area contributed by atoms with Gasteiger partial charge < -0.3 is 4.74 Å². The first-order valence-electron chi connectivity index (χ1n) is 6.27. The second-order valence-corrected chi connectivity index (χ2v) is 7.87. The van der Waals surface area contributed by atoms with E-state index in [1.165, 1.54) is 20.0 Å². The summed E-state index contributed by atoms with van der Waals surface area (Å²) in [5.41, 5.74) is -0.520. The largest absolute Gasteiger partial charge is 0.468 e. The fourth-order valence-corrected chi connectivity index (χ4v) is 2.82. The molecule has 0 aliphatic heterocycles. The molecule has 1 unspecified atom stereocenters. The van der Waals surface area contributed by atoms with Crippen LogP contribution >= 0.6 is 11.8 Å². The lowest BCUT2D eigenvalue weighted by Crippen LogP contribution is -2.51. The topological polar surface area (TPSA) is 38.3 Å². The Balaban J connectivity index is 2.47. The van der Waals surface area contributed by atoms with Crippen molar-refractivity contribution in [3.63, 3.8) is 0 Å². The first-order valence-corrected chi connectivity index (χ1v) is 7.25. The highest BCUT2D eigenvalue weighted by molar-refractivity contribution is 8.00. The number of thioether (sulfide) groups is 1. The van der Waals surface area contributed by atoms with E-state index >= 15 is 0 Å². The molecular weight excluding hydrogens is 234 g/mol. The molecule has 1 saturated carbocycles. The van der Waals surface area contributed by atoms with Crippen molar-refractivity contribution in [1.82, 2.24) is 5.32 Å². The molecule has 1 N–H and O–H groups in total. The summed E-state index contributed by atoms with van der Waals surface area (Å²) in [4.78, 5) is 11.9. The molecule has 0 saturated heterocycles. The molecule has 0 amide bonds. The molecule has 0 aromatic carbocycles. The molecule has 0 spiro atoms. The molecule has 4 heteroatoms. The molecule has 0 bridgehead atoms. The van der Waals surface area contributed by atoms with Crippen LogP contribution in [0.1, 0.15) is 47.0 Å². The van der Waals surface area contributed by atoms with Crippen molar-refractivity contribution in [3.05, 3.63) is 0 Å². The van der Waals surface area contributed by atoms with Crippen molar-refractivity contribution < 1.29 is 9.53 Å². The van der Waals surface area contributed by atoms with Crippen molar-refractivity contribution in [3.8, 4) is 0 Å². The Hall–Kier alpha value is -0.220. The van der Waals surface area contributed by atoms with E-state index in [1.807, 2.05) is 18.7 Å². The lowest BCUT2D eigenvalue weighted by molar-refractivity contribution is -0.148. The zero-order valence-corrected chi connectivity index (χ0v) is 12.4. The smallest absolute Gasteiger partial charge is 0.325 e. The second-order valence-electron chi connectivity index (χ2n) is 5.95. The highest BCUT2D eigenvalue weighted by atomic mass is 32.2. The molecule has 3 nitrogen and oxygen atoms in total. The van der Waals surface area contributed by atoms with E-state index in [0.29, 0.717) is 6.04 Å². The number of carbonyl (C=O) groups excluding carboxylic acids is 1. The fraction of sp³-hybridized carbons (Fsp3) is 0.923. The molecule has 0 aromatic rings. The standard InChI is InChI=1S/C13H25NO2S/c1-12(2,3)17-9-8-13(4,11(15)16-5)14-10-6-7-10/h10,14H,6-9H2,1-5H3. The SMILES string of the molecule is COC(=O)C(C)(CCSC(C)(C)C)NC1CC1. The molecule has 1 atom stereocenters. The number of hydrogen-bond acceptors (Lipinski definition) is 4. The number of esters is 1. The van der Waals surface area contributed by atoms with Crippen LogP contribution in [-0.2, 0) is 9.53 Å². The van der Waals surface area contributed by atoms with Gasteiger partial charge >= 0.3 is 5.97 Å². The normalized spacial score (nSPS) is 19.8. The van der Waals surface area contributed by atoms with Gasteiger partial charge in [0.15, 0.2) is 0 Å². The molecule has 0 heterocycles. The van der Waals surface area contributed by atoms with Crippen LogP contribution in [0, 0.1) is 0 Å². The van der Waals surface area contributed by atoms with Crippen LogP contribution in [-0.4, -0.2) is 35.2 Å². The van der Waals surface area contributed by atoms with E-state index in [9.17, 15) is 4.79 Å². The van der Waals surface area contributed by atoms with Gasteiger partial charge in [0.05, 0.1) is 7.11 Å². The van der Waals surface area contributed by atoms with E-state index in [0.717, 1.165) is 12.2 Å². The summed E-state index contributed by atoms with van der Waals surface area (Å²) in [6.07, 6.45) is 3.18. The van der Waals surface area contributed by atoms with Gasteiger partial charge in [-0.2, -0.15) is 11.8 Å². The van der Waals surface area contributed by atoms with Crippen LogP contribution in [0.4, 0.5) is 0 Å². The van der Waals surface area contributed by atoms with Crippen molar-refractivity contribution in [1.29, 1.82) is 0 Å². The van der Waals surface area contributed by atoms with Crippen LogP contribution in [0.2, 0.25) is 0 Å². The van der Waals surface area contributed by atoms with Gasteiger partial charge in [0, 0.05) is 10.8 Å². The summed E-state index contributed by atoms with van der Waals surface area (Å²) in [5.74, 6) is 0.827. The molecule has 1 aliphatic carbocycles. The van der Waals surface area contributed by atoms with E-state index in [-0.39, 0.29) is 10.7 Å². The van der Waals surface area contributed by atoms with Crippen LogP contribution in [0.25, 0.3) is 0 Å². The van der Waals surface area contributed by atoms with Gasteiger partial charge in [0.1, 0.15) is 5.54 Å². The number of ether oxygens (including phenoxy) is 1. The van der Waals surface area contributed by atoms with E-state index in [4.69, 9.17) is 4.74 Å². The Labute approximate surface area is 109 Å². The predicted molar refractivity (Wildman–Crippen MR) is 73.4 cm³/mol. The number of rotatable bonds is 6. The van der Waals surface area contributed by atoms with Gasteiger partial charge in [-0.1, -0.05) is 20.8 Å². The fourth-order valence-electron chi connectivity index (χ4n) is 1.70. The van der Waals surface area contributed by atoms with Crippen molar-refractivity contribution in [2.24, 2.45) is 0 Å². The third-order valence-electron chi connectivity index (χ3n) is 2.87. The summed E-state index contributed by atoms with van der Waals surface area (Å²) in [7, 11) is 1.46. The first-order chi connectivity index (χ1) is 7.77. The van der Waals surface area contributed by atoms with E-state index in [2.05, 4.69) is 26.1 Å².